The number of nitrogens with two attached hydrogens (primary N) is 1. The maximum atomic E-state index is 13.2. The number of nitrogens with zero attached hydrogens (tertiary/aromatic N) is 7. The molecule has 3 aliphatic rings. The number of thiazole rings is 1. The number of oxime groups is 1. The van der Waals surface area contributed by atoms with Gasteiger partial charge in [0.15, 0.2) is 10.8 Å². The van der Waals surface area contributed by atoms with Crippen molar-refractivity contribution in [2.45, 2.75) is 29.2 Å². The highest BCUT2D eigenvalue weighted by Crippen LogP contribution is 2.41. The van der Waals surface area contributed by atoms with Crippen molar-refractivity contribution < 1.29 is 24.3 Å². The molecular weight excluding hydrogens is 575 g/mol. The number of tetrazole rings is 1. The predicted molar refractivity (Wildman–Crippen MR) is 144 cm³/mol. The van der Waals surface area contributed by atoms with Crippen LogP contribution < -0.4 is 11.1 Å². The lowest BCUT2D eigenvalue weighted by molar-refractivity contribution is -0.150. The molecule has 2 saturated heterocycles. The molecule has 0 aromatic carbocycles. The zero-order valence-electron chi connectivity index (χ0n) is 19.6. The second-order valence-electron chi connectivity index (χ2n) is 8.11. The van der Waals surface area contributed by atoms with E-state index in [1.165, 1.54) is 28.4 Å². The number of hydrogen-bond acceptors (Lipinski definition) is 14. The first kappa shape index (κ1) is 26.5. The van der Waals surface area contributed by atoms with Gasteiger partial charge in [-0.2, -0.15) is 11.8 Å². The van der Waals surface area contributed by atoms with Crippen LogP contribution in [0.3, 0.4) is 0 Å². The summed E-state index contributed by atoms with van der Waals surface area (Å²) >= 11 is 5.48. The van der Waals surface area contributed by atoms with Crippen LogP contribution in [0.2, 0.25) is 0 Å². The van der Waals surface area contributed by atoms with E-state index in [9.17, 15) is 19.5 Å². The molecule has 14 nitrogen and oxygen atoms in total. The number of carbonyl (C=O) groups is 3. The Kier molecular flexibility index (Phi) is 7.91. The Morgan fingerprint density at radius 1 is 1.42 bits per heavy atom. The number of carbonyl (C=O) groups excluding carboxylic acids is 2. The lowest BCUT2D eigenvalue weighted by atomic mass is 10.0. The lowest BCUT2D eigenvalue weighted by Crippen LogP contribution is -2.71. The molecule has 5 rings (SSSR count). The van der Waals surface area contributed by atoms with Gasteiger partial charge < -0.3 is 21.0 Å². The van der Waals surface area contributed by atoms with Gasteiger partial charge in [-0.1, -0.05) is 23.0 Å². The predicted octanol–water partition coefficient (Wildman–Crippen LogP) is 0.265. The molecule has 0 saturated carbocycles. The molecule has 0 radical (unpaired) electrons. The van der Waals surface area contributed by atoms with Crippen molar-refractivity contribution in [2.24, 2.45) is 5.16 Å². The number of carboxylic acids is 1. The molecule has 0 spiro atoms. The standard InChI is InChI=1S/C20H21N9O5S4/c1-2-3-28-20(24-26-27-28)38-5-9-4-36-17-13(16(31)29(17)14(9)18(32)33)23-15(30)12(11-8-37-19(21)22-11)25-34-10-6-35-7-10/h2,8,10,13,17H,1,3-7H2,(H2,21,22)(H,23,30)(H,32,33)/b25-12+/t13?,17-/m1/s1. The minimum absolute atomic E-state index is 0.0912. The molecule has 2 atom stereocenters. The molecule has 0 aliphatic carbocycles. The first-order valence-electron chi connectivity index (χ1n) is 11.1. The van der Waals surface area contributed by atoms with Gasteiger partial charge in [0.25, 0.3) is 11.8 Å². The maximum absolute atomic E-state index is 13.2. The third-order valence-electron chi connectivity index (χ3n) is 5.59. The molecule has 2 aromatic rings. The number of thioether (sulfide) groups is 3. The third kappa shape index (κ3) is 5.25. The molecule has 1 unspecified atom stereocenters. The first-order chi connectivity index (χ1) is 18.4. The Morgan fingerprint density at radius 2 is 2.24 bits per heavy atom. The van der Waals surface area contributed by atoms with Gasteiger partial charge in [0, 0.05) is 28.4 Å². The molecule has 200 valence electrons. The minimum Gasteiger partial charge on any atom is -0.477 e. The molecule has 0 bridgehead atoms. The number of anilines is 1. The lowest BCUT2D eigenvalue weighted by Gasteiger charge is -2.49. The summed E-state index contributed by atoms with van der Waals surface area (Å²) in [4.78, 5) is 49.2. The highest BCUT2D eigenvalue weighted by atomic mass is 32.2. The summed E-state index contributed by atoms with van der Waals surface area (Å²) in [6.45, 7) is 4.07. The number of nitrogens with one attached hydrogen (secondary N) is 1. The average molecular weight is 596 g/mol. The molecule has 2 amide bonds. The van der Waals surface area contributed by atoms with Crippen LogP contribution in [0.15, 0.2) is 39.6 Å². The molecule has 18 heteroatoms. The van der Waals surface area contributed by atoms with E-state index in [4.69, 9.17) is 10.6 Å². The molecule has 4 N–H and O–H groups in total. The van der Waals surface area contributed by atoms with Crippen molar-refractivity contribution in [2.75, 3.05) is 28.7 Å². The number of nitrogen functional groups attached to an aromatic ring is 1. The minimum atomic E-state index is -1.22. The zero-order valence-corrected chi connectivity index (χ0v) is 22.8. The van der Waals surface area contributed by atoms with Crippen LogP contribution in [0.1, 0.15) is 5.69 Å². The van der Waals surface area contributed by atoms with E-state index in [1.54, 1.807) is 27.9 Å². The van der Waals surface area contributed by atoms with E-state index in [2.05, 4.69) is 37.6 Å². The number of β-lactam (4-membered cyclic amide) rings is 1. The number of amides is 2. The number of hydrogen-bond donors (Lipinski definition) is 3. The monoisotopic (exact) mass is 595 g/mol. The molecular formula is C20H21N9O5S4. The van der Waals surface area contributed by atoms with E-state index in [1.807, 2.05) is 0 Å². The van der Waals surface area contributed by atoms with Crippen molar-refractivity contribution in [3.63, 3.8) is 0 Å². The van der Waals surface area contributed by atoms with Crippen molar-refractivity contribution >= 4 is 75.2 Å². The van der Waals surface area contributed by atoms with Crippen LogP contribution in [-0.2, 0) is 25.8 Å². The van der Waals surface area contributed by atoms with Gasteiger partial charge >= 0.3 is 5.97 Å². The van der Waals surface area contributed by atoms with Gasteiger partial charge in [-0.15, -0.1) is 34.8 Å². The molecule has 3 aliphatic heterocycles. The second-order valence-corrected chi connectivity index (χ2v) is 12.1. The van der Waals surface area contributed by atoms with E-state index in [0.29, 0.717) is 23.0 Å². The molecule has 2 aromatic heterocycles. The number of fused-ring (bicyclic) bond motifs is 1. The SMILES string of the molecule is C=CCn1nnnc1SCC1=C(C(=O)O)N2C(=O)C(NC(=O)/C(=N/OC3CSC3)c3csc(N)n3)[C@H]2SC1. The van der Waals surface area contributed by atoms with Crippen LogP contribution in [-0.4, -0.2) is 99.2 Å². The summed E-state index contributed by atoms with van der Waals surface area (Å²) in [7, 11) is 0. The van der Waals surface area contributed by atoms with Gasteiger partial charge in [-0.05, 0) is 16.0 Å². The quantitative estimate of drug-likeness (QED) is 0.106. The summed E-state index contributed by atoms with van der Waals surface area (Å²) in [5.74, 6) is -0.247. The largest absolute Gasteiger partial charge is 0.477 e. The van der Waals surface area contributed by atoms with Crippen LogP contribution in [0, 0.1) is 0 Å². The highest BCUT2D eigenvalue weighted by Gasteiger charge is 2.54. The molecule has 2 fully saturated rings. The number of allylic oxidation sites excluding steroid dienone is 1. The summed E-state index contributed by atoms with van der Waals surface area (Å²) in [6, 6.07) is -0.934. The summed E-state index contributed by atoms with van der Waals surface area (Å²) < 4.78 is 1.54. The van der Waals surface area contributed by atoms with Crippen LogP contribution in [0.5, 0.6) is 0 Å². The summed E-state index contributed by atoms with van der Waals surface area (Å²) in [6.07, 6.45) is 1.55. The van der Waals surface area contributed by atoms with Gasteiger partial charge in [0.2, 0.25) is 5.16 Å². The topological polar surface area (TPSA) is 191 Å². The normalized spacial score (nSPS) is 21.4. The van der Waals surface area contributed by atoms with Gasteiger partial charge in [-0.25, -0.2) is 14.5 Å². The van der Waals surface area contributed by atoms with Gasteiger partial charge in [-0.3, -0.25) is 14.5 Å². The Labute approximate surface area is 232 Å². The fraction of sp³-hybridized carbons (Fsp3) is 0.400. The fourth-order valence-corrected chi connectivity index (χ4v) is 7.16. The van der Waals surface area contributed by atoms with E-state index in [0.717, 1.165) is 22.8 Å². The number of rotatable bonds is 11. The fourth-order valence-electron chi connectivity index (χ4n) is 3.70. The highest BCUT2D eigenvalue weighted by molar-refractivity contribution is 8.01. The maximum Gasteiger partial charge on any atom is 0.352 e. The number of carboxylic acid groups (broad SMARTS) is 1. The first-order valence-corrected chi connectivity index (χ1v) is 15.2. The Hall–Kier alpha value is -3.09. The third-order valence-corrected chi connectivity index (χ3v) is 9.87. The summed E-state index contributed by atoms with van der Waals surface area (Å²) in [5.41, 5.74) is 6.34. The van der Waals surface area contributed by atoms with Crippen LogP contribution >= 0.6 is 46.6 Å². The number of aromatic nitrogens is 5. The summed E-state index contributed by atoms with van der Waals surface area (Å²) in [5, 5.41) is 29.8. The van der Waals surface area contributed by atoms with Crippen molar-refractivity contribution in [3.8, 4) is 0 Å². The Morgan fingerprint density at radius 3 is 2.89 bits per heavy atom. The van der Waals surface area contributed by atoms with Crippen molar-refractivity contribution in [3.05, 3.63) is 35.0 Å². The van der Waals surface area contributed by atoms with Gasteiger partial charge in [0.05, 0.1) is 6.54 Å². The van der Waals surface area contributed by atoms with Crippen LogP contribution in [0.25, 0.3) is 0 Å². The smallest absolute Gasteiger partial charge is 0.352 e. The Bertz CT molecular complexity index is 1340. The van der Waals surface area contributed by atoms with Crippen LogP contribution in [0.4, 0.5) is 5.13 Å². The second kappa shape index (κ2) is 11.3. The van der Waals surface area contributed by atoms with E-state index in [-0.39, 0.29) is 34.1 Å². The average Bonchev–Trinajstić information content (AvgIpc) is 3.50. The van der Waals surface area contributed by atoms with Crippen molar-refractivity contribution in [1.82, 2.24) is 35.4 Å². The number of aliphatic carboxylic acids is 1. The van der Waals surface area contributed by atoms with Gasteiger partial charge in [0.1, 0.15) is 28.9 Å². The van der Waals surface area contributed by atoms with Crippen molar-refractivity contribution in [1.29, 1.82) is 0 Å². The molecule has 5 heterocycles. The van der Waals surface area contributed by atoms with E-state index >= 15 is 0 Å². The van der Waals surface area contributed by atoms with E-state index < -0.39 is 29.2 Å². The Balaban J connectivity index is 1.29. The zero-order chi connectivity index (χ0) is 26.8. The molecule has 38 heavy (non-hydrogen) atoms.